The zero-order chi connectivity index (χ0) is 53.4. The van der Waals surface area contributed by atoms with Crippen molar-refractivity contribution in [2.75, 3.05) is 56.5 Å². The molecule has 10 N–H and O–H groups in total. The molecule has 1 fully saturated rings. The normalized spacial score (nSPS) is 21.5. The van der Waals surface area contributed by atoms with E-state index < -0.39 is 66.4 Å². The average molecular weight is 1100 g/mol. The number of carboxylic acid groups (broad SMARTS) is 1. The van der Waals surface area contributed by atoms with Crippen molar-refractivity contribution in [2.45, 2.75) is 89.8 Å². The van der Waals surface area contributed by atoms with Crippen LogP contribution in [-0.4, -0.2) is 126 Å². The van der Waals surface area contributed by atoms with Crippen LogP contribution in [-0.2, 0) is 44.4 Å². The fourth-order valence-corrected chi connectivity index (χ4v) is 13.8. The maximum Gasteiger partial charge on any atom is 0.489 e. The maximum atomic E-state index is 13.7. The molecule has 3 aromatic carbocycles. The van der Waals surface area contributed by atoms with Crippen LogP contribution in [0.3, 0.4) is 0 Å². The van der Waals surface area contributed by atoms with Crippen LogP contribution in [0.4, 0.5) is 11.5 Å². The van der Waals surface area contributed by atoms with E-state index in [2.05, 4.69) is 81.6 Å². The first-order valence-corrected chi connectivity index (χ1v) is 29.1. The minimum atomic E-state index is -5.76. The Morgan fingerprint density at radius 2 is 1.65 bits per heavy atom. The molecule has 0 saturated carbocycles. The van der Waals surface area contributed by atoms with Crippen LogP contribution < -0.4 is 40.9 Å². The number of phosphoric ester groups is 1. The van der Waals surface area contributed by atoms with Crippen LogP contribution in [0.1, 0.15) is 102 Å². The molecule has 1 saturated heterocycles. The molecule has 0 aliphatic carbocycles. The van der Waals surface area contributed by atoms with Crippen molar-refractivity contribution in [1.82, 2.24) is 34.5 Å². The summed E-state index contributed by atoms with van der Waals surface area (Å²) in [6, 6.07) is 12.9. The number of nitrogens with zero attached hydrogens (tertiary/aromatic N) is 6. The lowest BCUT2D eigenvalue weighted by molar-refractivity contribution is -0.0503. The van der Waals surface area contributed by atoms with Gasteiger partial charge in [0.25, 0.3) is 5.91 Å². The van der Waals surface area contributed by atoms with E-state index in [1.54, 1.807) is 6.07 Å². The van der Waals surface area contributed by atoms with Crippen molar-refractivity contribution in [3.8, 4) is 11.5 Å². The summed E-state index contributed by atoms with van der Waals surface area (Å²) in [7, 11) is -16.4. The number of aliphatic hydroxyl groups excluding tert-OH is 2. The third-order valence-electron chi connectivity index (χ3n) is 13.6. The van der Waals surface area contributed by atoms with E-state index in [1.165, 1.54) is 23.0 Å². The second-order valence-corrected chi connectivity index (χ2v) is 23.3. The fraction of sp³-hybridized carbons (Fsp3) is 0.447. The largest absolute Gasteiger partial charge is 0.489 e. The number of amides is 1. The van der Waals surface area contributed by atoms with E-state index in [0.29, 0.717) is 41.9 Å². The zero-order valence-corrected chi connectivity index (χ0v) is 43.7. The molecule has 6 heterocycles. The predicted octanol–water partition coefficient (Wildman–Crippen LogP) is 3.24. The summed E-state index contributed by atoms with van der Waals surface area (Å²) >= 11 is 0. The summed E-state index contributed by atoms with van der Waals surface area (Å²) in [5.74, 6) is -0.291. The number of aryl methyl sites for hydroxylation is 2. The van der Waals surface area contributed by atoms with E-state index in [4.69, 9.17) is 19.7 Å². The van der Waals surface area contributed by atoms with Gasteiger partial charge in [-0.25, -0.2) is 43.1 Å². The molecule has 25 nitrogen and oxygen atoms in total. The number of anilines is 2. The van der Waals surface area contributed by atoms with Crippen LogP contribution in [0.25, 0.3) is 16.7 Å². The molecule has 7 atom stereocenters. The number of carbonyl (C=O) groups is 2. The van der Waals surface area contributed by atoms with Gasteiger partial charge in [-0.1, -0.05) is 12.8 Å². The number of aromatic carboxylic acids is 1. The highest BCUT2D eigenvalue weighted by molar-refractivity contribution is 7.67. The lowest BCUT2D eigenvalue weighted by Gasteiger charge is -2.32. The predicted molar refractivity (Wildman–Crippen MR) is 270 cm³/mol. The van der Waals surface area contributed by atoms with Crippen LogP contribution in [0, 0.1) is 0 Å². The van der Waals surface area contributed by atoms with Crippen LogP contribution in [0.5, 0.6) is 11.5 Å². The second-order valence-electron chi connectivity index (χ2n) is 18.5. The molecule has 75 heavy (non-hydrogen) atoms. The number of nitrogen functional groups attached to an aromatic ring is 1. The average Bonchev–Trinajstić information content (AvgIpc) is 3.92. The van der Waals surface area contributed by atoms with Gasteiger partial charge in [-0.05, 0) is 87.4 Å². The molecule has 28 heteroatoms. The number of nitrogens with two attached hydrogens (primary N) is 1. The molecule has 0 bridgehead atoms. The number of fused-ring (bicyclic) bond motifs is 5. The van der Waals surface area contributed by atoms with Gasteiger partial charge in [0.2, 0.25) is 5.36 Å². The number of unbranched alkanes of at least 4 members (excludes halogenated alkanes) is 3. The first-order chi connectivity index (χ1) is 35.8. The summed E-state index contributed by atoms with van der Waals surface area (Å²) in [5.41, 5.74) is 11.6. The molecular formula is C47H59N9O16P3+. The Balaban J connectivity index is 0.779. The number of aliphatic hydroxyl groups is 2. The minimum Gasteiger partial charge on any atom is -0.478 e. The maximum absolute atomic E-state index is 13.7. The molecule has 3 unspecified atom stereocenters. The number of nitrogens with one attached hydrogen (secondary N) is 2. The highest BCUT2D eigenvalue weighted by atomic mass is 31.3. The molecule has 1 amide bonds. The Bertz CT molecular complexity index is 3320. The lowest BCUT2D eigenvalue weighted by atomic mass is 9.85. The second kappa shape index (κ2) is 22.2. The first-order valence-electron chi connectivity index (χ1n) is 24.6. The number of carbonyl (C=O) groups excluding carboxylic acids is 1. The monoisotopic (exact) mass is 1100 g/mol. The van der Waals surface area contributed by atoms with Gasteiger partial charge in [0.1, 0.15) is 54.7 Å². The smallest absolute Gasteiger partial charge is 0.478 e. The summed E-state index contributed by atoms with van der Waals surface area (Å²) in [6.07, 6.45) is 1.63. The SMILES string of the molecule is CCN1CCCc2cc3c(cc21)Oc1cc2c(cc1=C3c1cc(C(=O)NCCCCCCNP(=O)(O)OP(=O)(O)OP(=O)(O)OC[C@H]3O[C@@H](n4cnc5c(N)ncnc54)[C@H](O)[C@@H]3O)ccc1C(=O)O)CCC[N+]=2CC. The molecule has 0 spiro atoms. The summed E-state index contributed by atoms with van der Waals surface area (Å²) < 4.78 is 66.9. The van der Waals surface area contributed by atoms with E-state index in [9.17, 15) is 53.3 Å². The van der Waals surface area contributed by atoms with Gasteiger partial charge in [-0.15, -0.1) is 0 Å². The number of phosphoric acid groups is 2. The van der Waals surface area contributed by atoms with Crippen molar-refractivity contribution >= 4 is 63.5 Å². The van der Waals surface area contributed by atoms with Crippen molar-refractivity contribution in [2.24, 2.45) is 0 Å². The van der Waals surface area contributed by atoms with E-state index in [1.807, 2.05) is 0 Å². The quantitative estimate of drug-likeness (QED) is 0.0284. The van der Waals surface area contributed by atoms with Gasteiger partial charge in [-0.2, -0.15) is 8.62 Å². The van der Waals surface area contributed by atoms with Crippen molar-refractivity contribution in [3.63, 3.8) is 0 Å². The first kappa shape index (κ1) is 54.3. The standard InChI is InChI=1S/C47H58N9O16P3/c1-3-54-17-9-11-27-19-32-36(22-34(27)54)69-37-23-35-28(12-10-18-55(35)4-2)20-33(37)39(32)31-21-29(13-14-30(31)47(60)61)45(59)49-15-7-5-6-8-16-53-73(62,63)71-75(66,67)72-74(64,65)68-24-38-41(57)42(58)46(70-38)56-26-52-40-43(48)50-25-51-44(40)56/h13-14,19-23,25-26,38,41-42,46,57-58H,3-12,15-18,24H2,1-2H3,(H7-,48,49,50,51,53,59,60,61,62,63,64,65,66,67)/p+1/t38-,41-,42-,46-/m1/s1. The van der Waals surface area contributed by atoms with Gasteiger partial charge in [0, 0.05) is 71.8 Å². The number of hydrogen-bond donors (Lipinski definition) is 9. The van der Waals surface area contributed by atoms with Crippen molar-refractivity contribution in [3.05, 3.63) is 99.1 Å². The van der Waals surface area contributed by atoms with Crippen LogP contribution in [0.15, 0.2) is 55.1 Å². The summed E-state index contributed by atoms with van der Waals surface area (Å²) in [6.45, 7) is 6.80. The van der Waals surface area contributed by atoms with Crippen molar-refractivity contribution < 1.29 is 75.9 Å². The number of imidazole rings is 1. The number of carboxylic acids is 1. The van der Waals surface area contributed by atoms with Crippen molar-refractivity contribution in [1.29, 1.82) is 0 Å². The third-order valence-corrected chi connectivity index (χ3v) is 18.1. The molecule has 2 aromatic heterocycles. The Hall–Kier alpha value is -5.49. The van der Waals surface area contributed by atoms with E-state index in [-0.39, 0.29) is 47.6 Å². The van der Waals surface area contributed by atoms with Gasteiger partial charge >= 0.3 is 29.4 Å². The van der Waals surface area contributed by atoms with Gasteiger partial charge < -0.3 is 55.4 Å². The molecule has 402 valence electrons. The third kappa shape index (κ3) is 11.8. The van der Waals surface area contributed by atoms with Crippen LogP contribution >= 0.6 is 23.4 Å². The molecule has 5 aromatic rings. The Kier molecular flexibility index (Phi) is 16.1. The fourth-order valence-electron chi connectivity index (χ4n) is 10.0. The molecular weight excluding hydrogens is 1040 g/mol. The number of aromatic nitrogens is 4. The molecule has 0 radical (unpaired) electrons. The number of ether oxygens (including phenoxy) is 2. The molecule has 4 aliphatic heterocycles. The van der Waals surface area contributed by atoms with Gasteiger partial charge in [0.05, 0.1) is 24.6 Å². The summed E-state index contributed by atoms with van der Waals surface area (Å²) in [4.78, 5) is 71.4. The minimum absolute atomic E-state index is 0.0336. The summed E-state index contributed by atoms with van der Waals surface area (Å²) in [5, 5.41) is 38.6. The number of benzene rings is 3. The highest BCUT2D eigenvalue weighted by Gasteiger charge is 2.47. The van der Waals surface area contributed by atoms with Crippen LogP contribution in [0.2, 0.25) is 0 Å². The Morgan fingerprint density at radius 3 is 2.41 bits per heavy atom. The van der Waals surface area contributed by atoms with E-state index in [0.717, 1.165) is 91.1 Å². The number of rotatable bonds is 21. The Morgan fingerprint density at radius 1 is 0.880 bits per heavy atom. The topological polar surface area (TPSA) is 353 Å². The molecule has 9 rings (SSSR count). The number of hydrogen-bond acceptors (Lipinski definition) is 17. The van der Waals surface area contributed by atoms with Gasteiger partial charge in [0.15, 0.2) is 17.7 Å². The van der Waals surface area contributed by atoms with E-state index >= 15 is 0 Å². The lowest BCUT2D eigenvalue weighted by Crippen LogP contribution is -2.39. The van der Waals surface area contributed by atoms with Gasteiger partial charge in [-0.3, -0.25) is 13.9 Å². The Labute approximate surface area is 429 Å². The highest BCUT2D eigenvalue weighted by Crippen LogP contribution is 2.66. The zero-order valence-electron chi connectivity index (χ0n) is 41.0. The molecule has 4 aliphatic rings.